The van der Waals surface area contributed by atoms with Crippen LogP contribution in [0.25, 0.3) is 16.4 Å². The van der Waals surface area contributed by atoms with E-state index in [9.17, 15) is 0 Å². The highest BCUT2D eigenvalue weighted by Gasteiger charge is 2.47. The zero-order chi connectivity index (χ0) is 15.4. The van der Waals surface area contributed by atoms with Gasteiger partial charge in [0.15, 0.2) is 0 Å². The van der Waals surface area contributed by atoms with Gasteiger partial charge in [-0.05, 0) is 42.0 Å². The quantitative estimate of drug-likeness (QED) is 0.495. The van der Waals surface area contributed by atoms with Crippen LogP contribution >= 0.6 is 11.6 Å². The molecule has 0 atom stereocenters. The number of benzene rings is 2. The molecule has 5 rings (SSSR count). The Labute approximate surface area is 139 Å². The summed E-state index contributed by atoms with van der Waals surface area (Å²) in [6.45, 7) is 0. The van der Waals surface area contributed by atoms with E-state index in [0.717, 1.165) is 10.7 Å². The Balaban J connectivity index is 1.82. The molecule has 0 radical (unpaired) electrons. The summed E-state index contributed by atoms with van der Waals surface area (Å²) in [6, 6.07) is 19.1. The lowest BCUT2D eigenvalue weighted by atomic mass is 9.90. The summed E-state index contributed by atoms with van der Waals surface area (Å²) in [6.07, 6.45) is 6.30. The van der Waals surface area contributed by atoms with E-state index in [1.165, 1.54) is 34.9 Å². The van der Waals surface area contributed by atoms with Crippen molar-refractivity contribution >= 4 is 28.0 Å². The fraction of sp³-hybridized carbons (Fsp3) is 0.150. The van der Waals surface area contributed by atoms with Gasteiger partial charge < -0.3 is 4.40 Å². The summed E-state index contributed by atoms with van der Waals surface area (Å²) in [5.41, 5.74) is 3.80. The first-order valence-corrected chi connectivity index (χ1v) is 8.27. The number of fused-ring (bicyclic) bond motifs is 3. The van der Waals surface area contributed by atoms with E-state index in [-0.39, 0.29) is 5.41 Å². The van der Waals surface area contributed by atoms with Gasteiger partial charge in [-0.3, -0.25) is 0 Å². The van der Waals surface area contributed by atoms with Gasteiger partial charge in [-0.15, -0.1) is 0 Å². The fourth-order valence-corrected chi connectivity index (χ4v) is 3.82. The van der Waals surface area contributed by atoms with Gasteiger partial charge in [0.2, 0.25) is 0 Å². The minimum absolute atomic E-state index is 0.0908. The van der Waals surface area contributed by atoms with Gasteiger partial charge in [-0.2, -0.15) is 0 Å². The third-order valence-electron chi connectivity index (χ3n) is 5.03. The van der Waals surface area contributed by atoms with Crippen molar-refractivity contribution < 1.29 is 0 Å². The molecule has 0 aliphatic heterocycles. The SMILES string of the molecule is Clc1ccc(C2(c3cc4ccccc4c4nccn34)CC2)cc1. The zero-order valence-electron chi connectivity index (χ0n) is 12.5. The van der Waals surface area contributed by atoms with Crippen molar-refractivity contribution in [3.63, 3.8) is 0 Å². The molecule has 2 aromatic carbocycles. The Morgan fingerprint density at radius 1 is 1.00 bits per heavy atom. The number of imidazole rings is 1. The van der Waals surface area contributed by atoms with Gasteiger partial charge >= 0.3 is 0 Å². The van der Waals surface area contributed by atoms with Gasteiger partial charge in [0.1, 0.15) is 5.65 Å². The molecule has 23 heavy (non-hydrogen) atoms. The Hall–Kier alpha value is -2.32. The monoisotopic (exact) mass is 318 g/mol. The van der Waals surface area contributed by atoms with Crippen molar-refractivity contribution in [1.82, 2.24) is 9.38 Å². The van der Waals surface area contributed by atoms with Gasteiger partial charge in [0.05, 0.1) is 0 Å². The molecular formula is C20H15ClN2. The molecule has 0 N–H and O–H groups in total. The molecule has 1 fully saturated rings. The van der Waals surface area contributed by atoms with Crippen LogP contribution in [0.5, 0.6) is 0 Å². The lowest BCUT2D eigenvalue weighted by Gasteiger charge is -2.19. The van der Waals surface area contributed by atoms with Crippen molar-refractivity contribution in [3.8, 4) is 0 Å². The van der Waals surface area contributed by atoms with Crippen LogP contribution in [0.3, 0.4) is 0 Å². The van der Waals surface area contributed by atoms with E-state index >= 15 is 0 Å². The van der Waals surface area contributed by atoms with Crippen LogP contribution in [0.1, 0.15) is 24.1 Å². The van der Waals surface area contributed by atoms with Crippen LogP contribution in [0, 0.1) is 0 Å². The van der Waals surface area contributed by atoms with E-state index < -0.39 is 0 Å². The lowest BCUT2D eigenvalue weighted by molar-refractivity contribution is 0.785. The molecule has 4 aromatic rings. The summed E-state index contributed by atoms with van der Waals surface area (Å²) >= 11 is 6.07. The van der Waals surface area contributed by atoms with Crippen LogP contribution in [0.4, 0.5) is 0 Å². The number of nitrogens with zero attached hydrogens (tertiary/aromatic N) is 2. The molecule has 1 aliphatic rings. The molecule has 2 nitrogen and oxygen atoms in total. The number of hydrogen-bond donors (Lipinski definition) is 0. The molecule has 0 amide bonds. The van der Waals surface area contributed by atoms with Crippen LogP contribution in [0.15, 0.2) is 67.0 Å². The number of halogens is 1. The molecule has 1 aliphatic carbocycles. The smallest absolute Gasteiger partial charge is 0.144 e. The topological polar surface area (TPSA) is 17.3 Å². The van der Waals surface area contributed by atoms with Crippen LogP contribution in [-0.2, 0) is 5.41 Å². The standard InChI is InChI=1S/C20H15ClN2/c21-16-7-5-15(6-8-16)20(9-10-20)18-13-14-3-1-2-4-17(14)19-22-11-12-23(18)19/h1-8,11-13H,9-10H2. The Morgan fingerprint density at radius 2 is 1.78 bits per heavy atom. The first-order valence-electron chi connectivity index (χ1n) is 7.89. The van der Waals surface area contributed by atoms with Crippen molar-refractivity contribution in [3.05, 3.63) is 83.3 Å². The largest absolute Gasteiger partial charge is 0.303 e. The van der Waals surface area contributed by atoms with Gasteiger partial charge in [-0.1, -0.05) is 48.0 Å². The first-order chi connectivity index (χ1) is 11.3. The summed E-state index contributed by atoms with van der Waals surface area (Å²) in [5.74, 6) is 0. The minimum atomic E-state index is 0.0908. The number of hydrogen-bond acceptors (Lipinski definition) is 1. The zero-order valence-corrected chi connectivity index (χ0v) is 13.3. The average Bonchev–Trinajstić information content (AvgIpc) is 3.23. The molecule has 0 spiro atoms. The van der Waals surface area contributed by atoms with Crippen molar-refractivity contribution in [2.75, 3.05) is 0 Å². The molecule has 0 bridgehead atoms. The van der Waals surface area contributed by atoms with E-state index in [2.05, 4.69) is 58.0 Å². The highest BCUT2D eigenvalue weighted by molar-refractivity contribution is 6.30. The minimum Gasteiger partial charge on any atom is -0.303 e. The molecule has 1 saturated carbocycles. The van der Waals surface area contributed by atoms with Crippen molar-refractivity contribution in [2.24, 2.45) is 0 Å². The second-order valence-electron chi connectivity index (χ2n) is 6.33. The van der Waals surface area contributed by atoms with Gasteiger partial charge in [0, 0.05) is 33.9 Å². The average molecular weight is 319 g/mol. The van der Waals surface area contributed by atoms with Crippen LogP contribution in [-0.4, -0.2) is 9.38 Å². The molecular weight excluding hydrogens is 304 g/mol. The maximum absolute atomic E-state index is 6.07. The van der Waals surface area contributed by atoms with E-state index in [1.807, 2.05) is 18.3 Å². The van der Waals surface area contributed by atoms with Crippen molar-refractivity contribution in [1.29, 1.82) is 0 Å². The van der Waals surface area contributed by atoms with Gasteiger partial charge in [0.25, 0.3) is 0 Å². The normalized spacial score (nSPS) is 16.0. The maximum atomic E-state index is 6.07. The molecule has 2 aromatic heterocycles. The molecule has 0 saturated heterocycles. The summed E-state index contributed by atoms with van der Waals surface area (Å²) < 4.78 is 2.25. The summed E-state index contributed by atoms with van der Waals surface area (Å²) in [7, 11) is 0. The first kappa shape index (κ1) is 13.1. The Kier molecular flexibility index (Phi) is 2.62. The van der Waals surface area contributed by atoms with E-state index in [4.69, 9.17) is 11.6 Å². The van der Waals surface area contributed by atoms with E-state index in [1.54, 1.807) is 0 Å². The predicted molar refractivity (Wildman–Crippen MR) is 94.2 cm³/mol. The van der Waals surface area contributed by atoms with Gasteiger partial charge in [-0.25, -0.2) is 4.98 Å². The van der Waals surface area contributed by atoms with Crippen LogP contribution < -0.4 is 0 Å². The lowest BCUT2D eigenvalue weighted by Crippen LogP contribution is -2.13. The summed E-state index contributed by atoms with van der Waals surface area (Å²) in [4.78, 5) is 4.60. The number of aromatic nitrogens is 2. The third kappa shape index (κ3) is 1.85. The van der Waals surface area contributed by atoms with Crippen molar-refractivity contribution in [2.45, 2.75) is 18.3 Å². The molecule has 2 heterocycles. The number of rotatable bonds is 2. The second-order valence-corrected chi connectivity index (χ2v) is 6.76. The number of pyridine rings is 1. The van der Waals surface area contributed by atoms with E-state index in [0.29, 0.717) is 0 Å². The molecule has 3 heteroatoms. The summed E-state index contributed by atoms with van der Waals surface area (Å²) in [5, 5.41) is 3.24. The van der Waals surface area contributed by atoms with Crippen LogP contribution in [0.2, 0.25) is 5.02 Å². The maximum Gasteiger partial charge on any atom is 0.144 e. The fourth-order valence-electron chi connectivity index (χ4n) is 3.70. The highest BCUT2D eigenvalue weighted by atomic mass is 35.5. The third-order valence-corrected chi connectivity index (χ3v) is 5.28. The molecule has 0 unspecified atom stereocenters. The Morgan fingerprint density at radius 3 is 2.57 bits per heavy atom. The second kappa shape index (κ2) is 4.59. The molecule has 112 valence electrons. The highest BCUT2D eigenvalue weighted by Crippen LogP contribution is 2.54. The predicted octanol–water partition coefficient (Wildman–Crippen LogP) is 5.22. The Bertz CT molecular complexity index is 1030.